The molecular weight excluding hydrogens is 206 g/mol. The van der Waals surface area contributed by atoms with Gasteiger partial charge in [-0.15, -0.1) is 0 Å². The second-order valence-corrected chi connectivity index (χ2v) is 5.45. The highest BCUT2D eigenvalue weighted by atomic mass is 14.7. The summed E-state index contributed by atoms with van der Waals surface area (Å²) in [6.07, 6.45) is 13.3. The summed E-state index contributed by atoms with van der Waals surface area (Å²) < 4.78 is 0. The van der Waals surface area contributed by atoms with Gasteiger partial charge in [-0.3, -0.25) is 0 Å². The summed E-state index contributed by atoms with van der Waals surface area (Å²) in [4.78, 5) is 3.75. The summed E-state index contributed by atoms with van der Waals surface area (Å²) in [6, 6.07) is 0. The number of rotatable bonds is 6. The zero-order valence-corrected chi connectivity index (χ0v) is 11.6. The van der Waals surface area contributed by atoms with Gasteiger partial charge in [0.05, 0.1) is 0 Å². The van der Waals surface area contributed by atoms with Crippen molar-refractivity contribution in [1.82, 2.24) is 4.98 Å². The van der Waals surface area contributed by atoms with Crippen molar-refractivity contribution in [3.63, 3.8) is 0 Å². The van der Waals surface area contributed by atoms with Crippen LogP contribution >= 0.6 is 0 Å². The fourth-order valence-corrected chi connectivity index (χ4v) is 3.04. The first-order chi connectivity index (χ1) is 8.36. The average molecular weight is 233 g/mol. The summed E-state index contributed by atoms with van der Waals surface area (Å²) in [7, 11) is 0. The first-order valence-electron chi connectivity index (χ1n) is 7.58. The molecule has 0 saturated heterocycles. The monoisotopic (exact) mass is 233 g/mol. The minimum absolute atomic E-state index is 1.27. The summed E-state index contributed by atoms with van der Waals surface area (Å²) in [5.41, 5.74) is 6.56. The van der Waals surface area contributed by atoms with Crippen LogP contribution in [0.25, 0.3) is 0 Å². The average Bonchev–Trinajstić information content (AvgIpc) is 2.71. The molecule has 0 radical (unpaired) electrons. The van der Waals surface area contributed by atoms with E-state index >= 15 is 0 Å². The summed E-state index contributed by atoms with van der Waals surface area (Å²) in [5.74, 6) is 0. The lowest BCUT2D eigenvalue weighted by Gasteiger charge is -2.12. The molecule has 0 saturated carbocycles. The Hall–Kier alpha value is -0.720. The van der Waals surface area contributed by atoms with Gasteiger partial charge in [0.15, 0.2) is 0 Å². The number of aryl methyl sites for hydroxylation is 2. The molecule has 1 heterocycles. The smallest absolute Gasteiger partial charge is 0.0184 e. The zero-order chi connectivity index (χ0) is 12.1. The van der Waals surface area contributed by atoms with Crippen molar-refractivity contribution in [2.75, 3.05) is 0 Å². The van der Waals surface area contributed by atoms with Crippen LogP contribution in [0.1, 0.15) is 74.9 Å². The van der Waals surface area contributed by atoms with Gasteiger partial charge in [0.2, 0.25) is 0 Å². The standard InChI is InChI=1S/C16H27N/c1-3-5-9-13-14-10-7-8-12-16(14)17-15(13)11-6-4-2/h17H,3-12H2,1-2H3. The molecular formula is C16H27N. The Morgan fingerprint density at radius 1 is 0.941 bits per heavy atom. The van der Waals surface area contributed by atoms with E-state index in [9.17, 15) is 0 Å². The maximum atomic E-state index is 3.75. The van der Waals surface area contributed by atoms with Crippen LogP contribution in [0.4, 0.5) is 0 Å². The summed E-state index contributed by atoms with van der Waals surface area (Å²) >= 11 is 0. The van der Waals surface area contributed by atoms with E-state index in [1.165, 1.54) is 64.2 Å². The molecule has 0 aromatic carbocycles. The molecule has 1 aromatic rings. The van der Waals surface area contributed by atoms with Crippen molar-refractivity contribution >= 4 is 0 Å². The van der Waals surface area contributed by atoms with Crippen LogP contribution in [-0.2, 0) is 25.7 Å². The SMILES string of the molecule is CCCCc1[nH]c2c(c1CCCC)CCCC2. The van der Waals surface area contributed by atoms with E-state index in [0.29, 0.717) is 0 Å². The van der Waals surface area contributed by atoms with E-state index in [1.807, 2.05) is 0 Å². The van der Waals surface area contributed by atoms with Gasteiger partial charge in [-0.25, -0.2) is 0 Å². The van der Waals surface area contributed by atoms with E-state index in [2.05, 4.69) is 18.8 Å². The number of H-pyrrole nitrogens is 1. The van der Waals surface area contributed by atoms with E-state index in [0.717, 1.165) is 0 Å². The van der Waals surface area contributed by atoms with Crippen LogP contribution in [0.5, 0.6) is 0 Å². The van der Waals surface area contributed by atoms with E-state index in [1.54, 1.807) is 22.5 Å². The molecule has 0 bridgehead atoms. The Kier molecular flexibility index (Phi) is 4.70. The number of unbranched alkanes of at least 4 members (excludes halogenated alkanes) is 2. The Labute approximate surface area is 106 Å². The minimum atomic E-state index is 1.27. The van der Waals surface area contributed by atoms with Crippen LogP contribution in [-0.4, -0.2) is 4.98 Å². The maximum Gasteiger partial charge on any atom is 0.0184 e. The van der Waals surface area contributed by atoms with Crippen molar-refractivity contribution in [2.45, 2.75) is 78.1 Å². The second kappa shape index (κ2) is 6.28. The summed E-state index contributed by atoms with van der Waals surface area (Å²) in [5, 5.41) is 0. The first kappa shape index (κ1) is 12.7. The molecule has 1 heteroatoms. The van der Waals surface area contributed by atoms with Gasteiger partial charge in [-0.2, -0.15) is 0 Å². The van der Waals surface area contributed by atoms with Gasteiger partial charge >= 0.3 is 0 Å². The normalized spacial score (nSPS) is 14.9. The number of nitrogens with one attached hydrogen (secondary N) is 1. The number of hydrogen-bond donors (Lipinski definition) is 1. The Morgan fingerprint density at radius 2 is 1.65 bits per heavy atom. The predicted molar refractivity (Wildman–Crippen MR) is 74.7 cm³/mol. The molecule has 96 valence electrons. The van der Waals surface area contributed by atoms with Crippen molar-refractivity contribution in [1.29, 1.82) is 0 Å². The number of aromatic amines is 1. The fourth-order valence-electron chi connectivity index (χ4n) is 3.04. The second-order valence-electron chi connectivity index (χ2n) is 5.45. The zero-order valence-electron chi connectivity index (χ0n) is 11.6. The van der Waals surface area contributed by atoms with Crippen LogP contribution < -0.4 is 0 Å². The molecule has 2 rings (SSSR count). The van der Waals surface area contributed by atoms with Gasteiger partial charge in [0.25, 0.3) is 0 Å². The van der Waals surface area contributed by atoms with Crippen LogP contribution in [0.15, 0.2) is 0 Å². The first-order valence-corrected chi connectivity index (χ1v) is 7.58. The molecule has 1 aliphatic rings. The highest BCUT2D eigenvalue weighted by molar-refractivity contribution is 5.39. The van der Waals surface area contributed by atoms with Crippen LogP contribution in [0.2, 0.25) is 0 Å². The maximum absolute atomic E-state index is 3.75. The summed E-state index contributed by atoms with van der Waals surface area (Å²) in [6.45, 7) is 4.58. The van der Waals surface area contributed by atoms with Crippen LogP contribution in [0.3, 0.4) is 0 Å². The van der Waals surface area contributed by atoms with E-state index in [4.69, 9.17) is 0 Å². The Morgan fingerprint density at radius 3 is 2.41 bits per heavy atom. The molecule has 1 N–H and O–H groups in total. The van der Waals surface area contributed by atoms with Gasteiger partial charge in [0.1, 0.15) is 0 Å². The van der Waals surface area contributed by atoms with E-state index in [-0.39, 0.29) is 0 Å². The van der Waals surface area contributed by atoms with Gasteiger partial charge in [-0.1, -0.05) is 26.7 Å². The third kappa shape index (κ3) is 2.94. The molecule has 0 amide bonds. The highest BCUT2D eigenvalue weighted by Gasteiger charge is 2.18. The Bertz CT molecular complexity index is 349. The lowest BCUT2D eigenvalue weighted by molar-refractivity contribution is 0.669. The number of hydrogen-bond acceptors (Lipinski definition) is 0. The molecule has 0 aliphatic heterocycles. The van der Waals surface area contributed by atoms with Crippen LogP contribution in [0, 0.1) is 0 Å². The molecule has 1 aromatic heterocycles. The third-order valence-electron chi connectivity index (χ3n) is 4.06. The van der Waals surface area contributed by atoms with Gasteiger partial charge < -0.3 is 4.98 Å². The topological polar surface area (TPSA) is 15.8 Å². The molecule has 1 aliphatic carbocycles. The van der Waals surface area contributed by atoms with Gasteiger partial charge in [0, 0.05) is 11.4 Å². The lowest BCUT2D eigenvalue weighted by atomic mass is 9.92. The van der Waals surface area contributed by atoms with Gasteiger partial charge in [-0.05, 0) is 62.5 Å². The minimum Gasteiger partial charge on any atom is -0.362 e. The van der Waals surface area contributed by atoms with Crippen molar-refractivity contribution in [3.05, 3.63) is 22.5 Å². The molecule has 0 spiro atoms. The number of aromatic nitrogens is 1. The number of fused-ring (bicyclic) bond motifs is 1. The fraction of sp³-hybridized carbons (Fsp3) is 0.750. The molecule has 17 heavy (non-hydrogen) atoms. The quantitative estimate of drug-likeness (QED) is 0.740. The molecule has 0 unspecified atom stereocenters. The van der Waals surface area contributed by atoms with Crippen molar-refractivity contribution in [2.24, 2.45) is 0 Å². The predicted octanol–water partition coefficient (Wildman–Crippen LogP) is 4.58. The molecule has 0 atom stereocenters. The Balaban J connectivity index is 2.19. The molecule has 0 fully saturated rings. The van der Waals surface area contributed by atoms with Crippen molar-refractivity contribution in [3.8, 4) is 0 Å². The van der Waals surface area contributed by atoms with Crippen molar-refractivity contribution < 1.29 is 0 Å². The highest BCUT2D eigenvalue weighted by Crippen LogP contribution is 2.29. The van der Waals surface area contributed by atoms with E-state index < -0.39 is 0 Å². The lowest BCUT2D eigenvalue weighted by Crippen LogP contribution is -2.02. The third-order valence-corrected chi connectivity index (χ3v) is 4.06. The molecule has 1 nitrogen and oxygen atoms in total. The largest absolute Gasteiger partial charge is 0.362 e.